The Balaban J connectivity index is 2.39. The summed E-state index contributed by atoms with van der Waals surface area (Å²) in [6, 6.07) is 7.12. The number of carboxylic acids is 1. The fourth-order valence-corrected chi connectivity index (χ4v) is 1.50. The molecule has 15 heavy (non-hydrogen) atoms. The van der Waals surface area contributed by atoms with Crippen LogP contribution >= 0.6 is 0 Å². The Hall–Kier alpha value is -1.31. The van der Waals surface area contributed by atoms with E-state index in [1.807, 2.05) is 12.1 Å². The van der Waals surface area contributed by atoms with Crippen molar-refractivity contribution in [1.82, 2.24) is 0 Å². The maximum Gasteiger partial charge on any atom is 0.335 e. The molecule has 0 heterocycles. The Bertz CT molecular complexity index is 301. The number of aromatic carboxylic acids is 1. The Morgan fingerprint density at radius 2 is 1.80 bits per heavy atom. The molecule has 0 aliphatic heterocycles. The summed E-state index contributed by atoms with van der Waals surface area (Å²) < 4.78 is 0. The summed E-state index contributed by atoms with van der Waals surface area (Å²) in [5.74, 6) is -0.862. The lowest BCUT2D eigenvalue weighted by molar-refractivity contribution is 0.0697. The standard InChI is InChI=1S/C13H17O2/c1-2-3-4-5-6-11-7-9-12(10-8-11)13(14)15/h7-10H,1-6H2,(H,14,15). The van der Waals surface area contributed by atoms with Gasteiger partial charge in [0.05, 0.1) is 5.56 Å². The molecule has 0 unspecified atom stereocenters. The first-order valence-corrected chi connectivity index (χ1v) is 5.35. The lowest BCUT2D eigenvalue weighted by Crippen LogP contribution is -1.96. The van der Waals surface area contributed by atoms with Gasteiger partial charge in [-0.1, -0.05) is 38.3 Å². The van der Waals surface area contributed by atoms with Gasteiger partial charge in [0.15, 0.2) is 0 Å². The highest BCUT2D eigenvalue weighted by atomic mass is 16.4. The van der Waals surface area contributed by atoms with Crippen LogP contribution in [0.4, 0.5) is 0 Å². The van der Waals surface area contributed by atoms with Crippen LogP contribution in [0.2, 0.25) is 0 Å². The normalized spacial score (nSPS) is 10.2. The molecular weight excluding hydrogens is 188 g/mol. The van der Waals surface area contributed by atoms with Crippen LogP contribution in [0, 0.1) is 6.92 Å². The quantitative estimate of drug-likeness (QED) is 0.723. The van der Waals surface area contributed by atoms with Crippen molar-refractivity contribution in [2.75, 3.05) is 0 Å². The van der Waals surface area contributed by atoms with Crippen LogP contribution in [-0.4, -0.2) is 11.1 Å². The van der Waals surface area contributed by atoms with Gasteiger partial charge in [-0.2, -0.15) is 0 Å². The van der Waals surface area contributed by atoms with E-state index in [4.69, 9.17) is 5.11 Å². The van der Waals surface area contributed by atoms with Crippen molar-refractivity contribution in [3.05, 3.63) is 42.3 Å². The lowest BCUT2D eigenvalue weighted by Gasteiger charge is -2.01. The first-order chi connectivity index (χ1) is 7.24. The van der Waals surface area contributed by atoms with Gasteiger partial charge in [-0.05, 0) is 30.5 Å². The van der Waals surface area contributed by atoms with Gasteiger partial charge in [-0.3, -0.25) is 0 Å². The van der Waals surface area contributed by atoms with Crippen molar-refractivity contribution in [3.63, 3.8) is 0 Å². The topological polar surface area (TPSA) is 37.3 Å². The minimum Gasteiger partial charge on any atom is -0.478 e. The molecule has 81 valence electrons. The summed E-state index contributed by atoms with van der Waals surface area (Å²) in [4.78, 5) is 10.6. The highest BCUT2D eigenvalue weighted by Crippen LogP contribution is 2.09. The molecule has 0 spiro atoms. The van der Waals surface area contributed by atoms with E-state index in [2.05, 4.69) is 6.92 Å². The second-order valence-corrected chi connectivity index (χ2v) is 3.67. The zero-order valence-electron chi connectivity index (χ0n) is 8.91. The summed E-state index contributed by atoms with van der Waals surface area (Å²) in [6.45, 7) is 3.80. The Labute approximate surface area is 90.9 Å². The molecule has 1 aromatic rings. The minimum absolute atomic E-state index is 0.358. The molecule has 0 fully saturated rings. The predicted molar refractivity (Wildman–Crippen MR) is 60.9 cm³/mol. The van der Waals surface area contributed by atoms with Crippen LogP contribution in [0.1, 0.15) is 41.6 Å². The largest absolute Gasteiger partial charge is 0.478 e. The summed E-state index contributed by atoms with van der Waals surface area (Å²) in [6.07, 6.45) is 5.55. The molecule has 2 heteroatoms. The number of carbonyl (C=O) groups is 1. The van der Waals surface area contributed by atoms with Crippen LogP contribution in [0.25, 0.3) is 0 Å². The number of benzene rings is 1. The first-order valence-electron chi connectivity index (χ1n) is 5.35. The van der Waals surface area contributed by atoms with Crippen molar-refractivity contribution in [3.8, 4) is 0 Å². The van der Waals surface area contributed by atoms with E-state index in [0.717, 1.165) is 19.3 Å². The number of carboxylic acid groups (broad SMARTS) is 1. The molecule has 0 atom stereocenters. The maximum absolute atomic E-state index is 10.6. The van der Waals surface area contributed by atoms with Crippen LogP contribution < -0.4 is 0 Å². The Kier molecular flexibility index (Phi) is 4.88. The smallest absolute Gasteiger partial charge is 0.335 e. The first kappa shape index (κ1) is 11.8. The minimum atomic E-state index is -0.862. The molecule has 0 amide bonds. The van der Waals surface area contributed by atoms with Crippen molar-refractivity contribution in [2.24, 2.45) is 0 Å². The summed E-state index contributed by atoms with van der Waals surface area (Å²) in [5.41, 5.74) is 1.57. The third kappa shape index (κ3) is 4.15. The van der Waals surface area contributed by atoms with E-state index >= 15 is 0 Å². The molecule has 0 aliphatic rings. The molecule has 0 aliphatic carbocycles. The van der Waals surface area contributed by atoms with Crippen molar-refractivity contribution >= 4 is 5.97 Å². The summed E-state index contributed by atoms with van der Waals surface area (Å²) >= 11 is 0. The van der Waals surface area contributed by atoms with E-state index in [9.17, 15) is 4.79 Å². The molecule has 0 aromatic heterocycles. The molecule has 2 nitrogen and oxygen atoms in total. The van der Waals surface area contributed by atoms with Gasteiger partial charge in [0, 0.05) is 0 Å². The van der Waals surface area contributed by atoms with E-state index in [1.165, 1.54) is 18.4 Å². The van der Waals surface area contributed by atoms with Crippen LogP contribution in [-0.2, 0) is 6.42 Å². The molecule has 0 bridgehead atoms. The molecule has 0 saturated carbocycles. The van der Waals surface area contributed by atoms with Gasteiger partial charge in [-0.15, -0.1) is 0 Å². The third-order valence-corrected chi connectivity index (χ3v) is 2.42. The number of hydrogen-bond acceptors (Lipinski definition) is 1. The highest BCUT2D eigenvalue weighted by molar-refractivity contribution is 5.87. The number of rotatable bonds is 6. The molecule has 0 saturated heterocycles. The fourth-order valence-electron chi connectivity index (χ4n) is 1.50. The van der Waals surface area contributed by atoms with Crippen LogP contribution in [0.3, 0.4) is 0 Å². The van der Waals surface area contributed by atoms with E-state index in [1.54, 1.807) is 12.1 Å². The molecule has 1 N–H and O–H groups in total. The van der Waals surface area contributed by atoms with Crippen LogP contribution in [0.5, 0.6) is 0 Å². The third-order valence-electron chi connectivity index (χ3n) is 2.42. The average molecular weight is 205 g/mol. The van der Waals surface area contributed by atoms with E-state index in [-0.39, 0.29) is 0 Å². The van der Waals surface area contributed by atoms with E-state index < -0.39 is 5.97 Å². The van der Waals surface area contributed by atoms with Gasteiger partial charge in [0.2, 0.25) is 0 Å². The SMILES string of the molecule is [CH2]CCCCCc1ccc(C(=O)O)cc1. The highest BCUT2D eigenvalue weighted by Gasteiger charge is 2.01. The summed E-state index contributed by atoms with van der Waals surface area (Å²) in [5, 5.41) is 8.71. The molecule has 1 aromatic carbocycles. The van der Waals surface area contributed by atoms with Crippen molar-refractivity contribution in [2.45, 2.75) is 32.1 Å². The molecule has 1 radical (unpaired) electrons. The fraction of sp³-hybridized carbons (Fsp3) is 0.385. The maximum atomic E-state index is 10.6. The van der Waals surface area contributed by atoms with Gasteiger partial charge >= 0.3 is 5.97 Å². The summed E-state index contributed by atoms with van der Waals surface area (Å²) in [7, 11) is 0. The van der Waals surface area contributed by atoms with Gasteiger partial charge < -0.3 is 5.11 Å². The molecule has 1 rings (SSSR count). The lowest BCUT2D eigenvalue weighted by atomic mass is 10.0. The number of unbranched alkanes of at least 4 members (excludes halogenated alkanes) is 3. The second kappa shape index (κ2) is 6.23. The molecular formula is C13H17O2. The Morgan fingerprint density at radius 3 is 2.33 bits per heavy atom. The van der Waals surface area contributed by atoms with Gasteiger partial charge in [-0.25, -0.2) is 4.79 Å². The second-order valence-electron chi connectivity index (χ2n) is 3.67. The Morgan fingerprint density at radius 1 is 1.13 bits per heavy atom. The number of aryl methyl sites for hydroxylation is 1. The van der Waals surface area contributed by atoms with Crippen molar-refractivity contribution < 1.29 is 9.90 Å². The van der Waals surface area contributed by atoms with E-state index in [0.29, 0.717) is 5.56 Å². The van der Waals surface area contributed by atoms with Crippen LogP contribution in [0.15, 0.2) is 24.3 Å². The monoisotopic (exact) mass is 205 g/mol. The predicted octanol–water partition coefficient (Wildman–Crippen LogP) is 3.32. The van der Waals surface area contributed by atoms with Gasteiger partial charge in [0.1, 0.15) is 0 Å². The average Bonchev–Trinajstić information content (AvgIpc) is 2.25. The zero-order chi connectivity index (χ0) is 11.1. The zero-order valence-corrected chi connectivity index (χ0v) is 8.91. The van der Waals surface area contributed by atoms with Gasteiger partial charge in [0.25, 0.3) is 0 Å². The van der Waals surface area contributed by atoms with Crippen molar-refractivity contribution in [1.29, 1.82) is 0 Å². The number of hydrogen-bond donors (Lipinski definition) is 1.